The largest absolute Gasteiger partial charge is 0.463 e. The van der Waals surface area contributed by atoms with Gasteiger partial charge in [-0.1, -0.05) is 0 Å². The van der Waals surface area contributed by atoms with Gasteiger partial charge >= 0.3 is 13.6 Å². The zero-order valence-electron chi connectivity index (χ0n) is 10.4. The smallest absolute Gasteiger partial charge is 0.358 e. The van der Waals surface area contributed by atoms with Crippen LogP contribution >= 0.6 is 7.60 Å². The minimum absolute atomic E-state index is 0.180. The topological polar surface area (TPSA) is 71.1 Å². The van der Waals surface area contributed by atoms with Crippen LogP contribution in [-0.2, 0) is 27.9 Å². The summed E-state index contributed by atoms with van der Waals surface area (Å²) in [5.74, 6) is -0.927. The zero-order valence-corrected chi connectivity index (χ0v) is 11.3. The summed E-state index contributed by atoms with van der Waals surface area (Å²) in [6, 6.07) is 0. The van der Waals surface area contributed by atoms with Crippen LogP contribution in [0.15, 0.2) is 0 Å². The number of esters is 1. The highest BCUT2D eigenvalue weighted by atomic mass is 31.2. The Morgan fingerprint density at radius 2 is 2.00 bits per heavy atom. The Morgan fingerprint density at radius 3 is 2.53 bits per heavy atom. The molecule has 0 unspecified atom stereocenters. The lowest BCUT2D eigenvalue weighted by Gasteiger charge is -2.32. The second-order valence-corrected chi connectivity index (χ2v) is 6.24. The highest BCUT2D eigenvalue weighted by molar-refractivity contribution is 7.54. The van der Waals surface area contributed by atoms with Gasteiger partial charge in [0.25, 0.3) is 0 Å². The van der Waals surface area contributed by atoms with E-state index < -0.39 is 13.4 Å². The standard InChI is InChI=1S/C10H19O6P/c1-8(11)15-7-9-5-4-6-10(16-9)17(12,13-2)14-3/h9-10H,4-7H2,1-3H3/t9-,10-/m0/s1. The van der Waals surface area contributed by atoms with Gasteiger partial charge in [-0.05, 0) is 19.3 Å². The molecule has 1 aliphatic rings. The molecule has 0 amide bonds. The van der Waals surface area contributed by atoms with Gasteiger partial charge in [0, 0.05) is 21.1 Å². The number of hydrogen-bond donors (Lipinski definition) is 0. The van der Waals surface area contributed by atoms with E-state index in [0.717, 1.165) is 12.8 Å². The van der Waals surface area contributed by atoms with Gasteiger partial charge in [0.2, 0.25) is 0 Å². The molecule has 2 atom stereocenters. The first-order chi connectivity index (χ1) is 8.01. The zero-order chi connectivity index (χ0) is 12.9. The summed E-state index contributed by atoms with van der Waals surface area (Å²) in [7, 11) is -0.531. The van der Waals surface area contributed by atoms with Gasteiger partial charge in [-0.2, -0.15) is 0 Å². The van der Waals surface area contributed by atoms with Crippen LogP contribution < -0.4 is 0 Å². The van der Waals surface area contributed by atoms with E-state index in [2.05, 4.69) is 0 Å². The Morgan fingerprint density at radius 1 is 1.35 bits per heavy atom. The van der Waals surface area contributed by atoms with Crippen molar-refractivity contribution in [2.45, 2.75) is 38.1 Å². The maximum absolute atomic E-state index is 12.1. The third kappa shape index (κ3) is 4.07. The predicted molar refractivity (Wildman–Crippen MR) is 60.8 cm³/mol. The van der Waals surface area contributed by atoms with Crippen molar-refractivity contribution < 1.29 is 27.9 Å². The van der Waals surface area contributed by atoms with Crippen molar-refractivity contribution in [2.24, 2.45) is 0 Å². The summed E-state index contributed by atoms with van der Waals surface area (Å²) < 4.78 is 32.4. The highest BCUT2D eigenvalue weighted by Gasteiger charge is 2.39. The molecule has 17 heavy (non-hydrogen) atoms. The van der Waals surface area contributed by atoms with E-state index in [1.165, 1.54) is 21.1 Å². The van der Waals surface area contributed by atoms with E-state index >= 15 is 0 Å². The van der Waals surface area contributed by atoms with E-state index in [0.29, 0.717) is 6.42 Å². The molecule has 0 saturated carbocycles. The van der Waals surface area contributed by atoms with Crippen molar-refractivity contribution in [2.75, 3.05) is 20.8 Å². The van der Waals surface area contributed by atoms with Crippen LogP contribution in [0.4, 0.5) is 0 Å². The van der Waals surface area contributed by atoms with Crippen molar-refractivity contribution in [3.63, 3.8) is 0 Å². The molecule has 0 aromatic carbocycles. The molecular weight excluding hydrogens is 247 g/mol. The number of ether oxygens (including phenoxy) is 2. The van der Waals surface area contributed by atoms with Gasteiger partial charge in [0.15, 0.2) is 5.85 Å². The summed E-state index contributed by atoms with van der Waals surface area (Å²) in [4.78, 5) is 10.7. The molecule has 7 heteroatoms. The SMILES string of the molecule is COP(=O)(OC)[C@H]1CCC[C@@H](COC(C)=O)O1. The Hall–Kier alpha value is -0.420. The van der Waals surface area contributed by atoms with Crippen molar-refractivity contribution in [3.05, 3.63) is 0 Å². The summed E-state index contributed by atoms with van der Waals surface area (Å²) in [6.07, 6.45) is 2.00. The molecule has 1 saturated heterocycles. The van der Waals surface area contributed by atoms with Gasteiger partial charge < -0.3 is 18.5 Å². The van der Waals surface area contributed by atoms with Crippen LogP contribution in [0.3, 0.4) is 0 Å². The molecule has 0 radical (unpaired) electrons. The van der Waals surface area contributed by atoms with Crippen molar-refractivity contribution in [1.82, 2.24) is 0 Å². The number of hydrogen-bond acceptors (Lipinski definition) is 6. The van der Waals surface area contributed by atoms with Crippen molar-refractivity contribution >= 4 is 13.6 Å². The molecule has 0 aliphatic carbocycles. The summed E-state index contributed by atoms with van der Waals surface area (Å²) >= 11 is 0. The van der Waals surface area contributed by atoms with Crippen LogP contribution in [0.25, 0.3) is 0 Å². The number of carbonyl (C=O) groups is 1. The molecule has 1 fully saturated rings. The molecule has 1 heterocycles. The second kappa shape index (κ2) is 6.50. The third-order valence-electron chi connectivity index (χ3n) is 2.66. The van der Waals surface area contributed by atoms with Gasteiger partial charge in [-0.25, -0.2) is 0 Å². The van der Waals surface area contributed by atoms with Gasteiger partial charge in [0.05, 0.1) is 6.10 Å². The van der Waals surface area contributed by atoms with Crippen LogP contribution in [0.2, 0.25) is 0 Å². The van der Waals surface area contributed by atoms with Gasteiger partial charge in [-0.3, -0.25) is 9.36 Å². The average Bonchev–Trinajstić information content (AvgIpc) is 2.35. The van der Waals surface area contributed by atoms with Crippen LogP contribution in [0.5, 0.6) is 0 Å². The van der Waals surface area contributed by atoms with Crippen LogP contribution in [-0.4, -0.2) is 38.7 Å². The molecule has 0 aromatic rings. The maximum Gasteiger partial charge on any atom is 0.358 e. The normalized spacial score (nSPS) is 25.6. The van der Waals surface area contributed by atoms with E-state index in [-0.39, 0.29) is 18.7 Å². The van der Waals surface area contributed by atoms with E-state index in [1.54, 1.807) is 0 Å². The molecule has 100 valence electrons. The first kappa shape index (κ1) is 14.6. The highest BCUT2D eigenvalue weighted by Crippen LogP contribution is 2.55. The van der Waals surface area contributed by atoms with Crippen LogP contribution in [0, 0.1) is 0 Å². The third-order valence-corrected chi connectivity index (χ3v) is 4.76. The first-order valence-corrected chi connectivity index (χ1v) is 7.13. The Labute approximate surface area is 101 Å². The predicted octanol–water partition coefficient (Wildman–Crippen LogP) is 1.93. The van der Waals surface area contributed by atoms with Gasteiger partial charge in [-0.15, -0.1) is 0 Å². The quantitative estimate of drug-likeness (QED) is 0.559. The minimum Gasteiger partial charge on any atom is -0.463 e. The van der Waals surface area contributed by atoms with E-state index in [1.807, 2.05) is 0 Å². The Balaban J connectivity index is 2.54. The Kier molecular flexibility index (Phi) is 5.59. The lowest BCUT2D eigenvalue weighted by atomic mass is 10.1. The average molecular weight is 266 g/mol. The second-order valence-electron chi connectivity index (χ2n) is 3.85. The molecule has 0 aromatic heterocycles. The summed E-state index contributed by atoms with van der Waals surface area (Å²) in [6.45, 7) is 1.52. The van der Waals surface area contributed by atoms with Gasteiger partial charge in [0.1, 0.15) is 6.61 Å². The summed E-state index contributed by atoms with van der Waals surface area (Å²) in [5.41, 5.74) is 0. The first-order valence-electron chi connectivity index (χ1n) is 5.52. The molecule has 0 N–H and O–H groups in total. The molecule has 1 aliphatic heterocycles. The Bertz CT molecular complexity index is 297. The minimum atomic E-state index is -3.20. The molecule has 6 nitrogen and oxygen atoms in total. The fourth-order valence-electron chi connectivity index (χ4n) is 1.75. The fourth-order valence-corrected chi connectivity index (χ4v) is 3.19. The fraction of sp³-hybridized carbons (Fsp3) is 0.900. The maximum atomic E-state index is 12.1. The van der Waals surface area contributed by atoms with E-state index in [4.69, 9.17) is 18.5 Å². The van der Waals surface area contributed by atoms with Crippen molar-refractivity contribution in [3.8, 4) is 0 Å². The number of carbonyl (C=O) groups excluding carboxylic acids is 1. The van der Waals surface area contributed by atoms with Crippen LogP contribution in [0.1, 0.15) is 26.2 Å². The van der Waals surface area contributed by atoms with Crippen molar-refractivity contribution in [1.29, 1.82) is 0 Å². The summed E-state index contributed by atoms with van der Waals surface area (Å²) in [5, 5.41) is 0. The lowest BCUT2D eigenvalue weighted by Crippen LogP contribution is -2.32. The van der Waals surface area contributed by atoms with E-state index in [9.17, 15) is 9.36 Å². The molecular formula is C10H19O6P. The lowest BCUT2D eigenvalue weighted by molar-refractivity contribution is -0.147. The molecule has 1 rings (SSSR count). The molecule has 0 bridgehead atoms. The monoisotopic (exact) mass is 266 g/mol. The molecule has 0 spiro atoms. The number of rotatable bonds is 5.